The van der Waals surface area contributed by atoms with Crippen LogP contribution in [0.15, 0.2) is 16.6 Å². The zero-order chi connectivity index (χ0) is 14.2. The molecule has 5 nitrogen and oxygen atoms in total. The maximum atomic E-state index is 11.7. The molecule has 0 unspecified atom stereocenters. The second kappa shape index (κ2) is 5.13. The molecule has 0 spiro atoms. The van der Waals surface area contributed by atoms with E-state index < -0.39 is 5.97 Å². The van der Waals surface area contributed by atoms with Gasteiger partial charge >= 0.3 is 5.97 Å². The number of carbonyl (C=O) groups excluding carboxylic acids is 3. The minimum atomic E-state index is -0.437. The number of ketones is 1. The summed E-state index contributed by atoms with van der Waals surface area (Å²) in [5.74, 6) is -0.768. The maximum Gasteiger partial charge on any atom is 0.338 e. The Morgan fingerprint density at radius 2 is 2.05 bits per heavy atom. The van der Waals surface area contributed by atoms with Gasteiger partial charge in [0.2, 0.25) is 5.91 Å². The number of ether oxygens (including phenoxy) is 1. The van der Waals surface area contributed by atoms with Crippen LogP contribution in [-0.2, 0) is 14.3 Å². The van der Waals surface area contributed by atoms with Crippen LogP contribution in [0.1, 0.15) is 22.3 Å². The molecule has 1 saturated heterocycles. The number of anilines is 1. The number of esters is 1. The summed E-state index contributed by atoms with van der Waals surface area (Å²) in [6, 6.07) is 3.23. The Kier molecular flexibility index (Phi) is 3.71. The normalized spacial score (nSPS) is 15.0. The fourth-order valence-electron chi connectivity index (χ4n) is 2.01. The van der Waals surface area contributed by atoms with Gasteiger partial charge in [0, 0.05) is 4.47 Å². The molecule has 1 amide bonds. The highest BCUT2D eigenvalue weighted by atomic mass is 79.9. The predicted molar refractivity (Wildman–Crippen MR) is 72.2 cm³/mol. The van der Waals surface area contributed by atoms with Crippen molar-refractivity contribution >= 4 is 39.3 Å². The van der Waals surface area contributed by atoms with Gasteiger partial charge in [-0.05, 0) is 40.5 Å². The maximum absolute atomic E-state index is 11.7. The van der Waals surface area contributed by atoms with Crippen LogP contribution < -0.4 is 4.90 Å². The number of benzene rings is 1. The molecule has 1 aromatic carbocycles. The van der Waals surface area contributed by atoms with Gasteiger partial charge in [-0.2, -0.15) is 0 Å². The first kappa shape index (κ1) is 13.7. The molecule has 1 aliphatic heterocycles. The molecule has 2 rings (SSSR count). The van der Waals surface area contributed by atoms with E-state index in [0.717, 1.165) is 0 Å². The van der Waals surface area contributed by atoms with E-state index in [9.17, 15) is 14.4 Å². The van der Waals surface area contributed by atoms with Crippen LogP contribution in [0.5, 0.6) is 0 Å². The van der Waals surface area contributed by atoms with Crippen LogP contribution in [0.2, 0.25) is 0 Å². The molecule has 1 aromatic rings. The Morgan fingerprint density at radius 1 is 1.37 bits per heavy atom. The van der Waals surface area contributed by atoms with Crippen molar-refractivity contribution in [3.63, 3.8) is 0 Å². The molecule has 0 radical (unpaired) electrons. The second-order valence-electron chi connectivity index (χ2n) is 4.26. The molecule has 0 aliphatic carbocycles. The van der Waals surface area contributed by atoms with Crippen molar-refractivity contribution in [2.24, 2.45) is 0 Å². The van der Waals surface area contributed by atoms with Gasteiger partial charge in [0.05, 0.1) is 31.3 Å². The summed E-state index contributed by atoms with van der Waals surface area (Å²) in [7, 11) is 1.31. The molecule has 1 heterocycles. The molecular weight excluding hydrogens is 314 g/mol. The lowest BCUT2D eigenvalue weighted by Gasteiger charge is -2.19. The first-order chi connectivity index (χ1) is 8.95. The van der Waals surface area contributed by atoms with Crippen LogP contribution >= 0.6 is 15.9 Å². The Bertz CT molecular complexity index is 582. The lowest BCUT2D eigenvalue weighted by atomic mass is 10.1. The molecule has 100 valence electrons. The molecule has 0 saturated carbocycles. The van der Waals surface area contributed by atoms with Crippen molar-refractivity contribution in [3.8, 4) is 0 Å². The van der Waals surface area contributed by atoms with Crippen molar-refractivity contribution in [3.05, 3.63) is 27.7 Å². The molecule has 1 fully saturated rings. The first-order valence-electron chi connectivity index (χ1n) is 5.65. The van der Waals surface area contributed by atoms with E-state index in [1.807, 2.05) is 0 Å². The summed E-state index contributed by atoms with van der Waals surface area (Å²) >= 11 is 3.37. The van der Waals surface area contributed by atoms with Gasteiger partial charge < -0.3 is 9.64 Å². The Labute approximate surface area is 118 Å². The smallest absolute Gasteiger partial charge is 0.338 e. The Morgan fingerprint density at radius 3 is 2.58 bits per heavy atom. The first-order valence-corrected chi connectivity index (χ1v) is 6.44. The Hall–Kier alpha value is -1.69. The summed E-state index contributed by atoms with van der Waals surface area (Å²) in [5.41, 5.74) is 1.70. The summed E-state index contributed by atoms with van der Waals surface area (Å²) in [6.45, 7) is 1.83. The summed E-state index contributed by atoms with van der Waals surface area (Å²) in [4.78, 5) is 36.0. The minimum absolute atomic E-state index is 0.0652. The van der Waals surface area contributed by atoms with Crippen LogP contribution in [0.3, 0.4) is 0 Å². The lowest BCUT2D eigenvalue weighted by molar-refractivity contribution is -0.121. The second-order valence-corrected chi connectivity index (χ2v) is 5.05. The van der Waals surface area contributed by atoms with E-state index in [2.05, 4.69) is 20.7 Å². The van der Waals surface area contributed by atoms with E-state index in [1.165, 1.54) is 12.0 Å². The molecule has 1 aliphatic rings. The highest BCUT2D eigenvalue weighted by molar-refractivity contribution is 9.10. The monoisotopic (exact) mass is 325 g/mol. The number of hydrogen-bond donors (Lipinski definition) is 0. The number of rotatable bonds is 2. The van der Waals surface area contributed by atoms with Crippen LogP contribution in [0, 0.1) is 6.92 Å². The van der Waals surface area contributed by atoms with Gasteiger partial charge in [-0.1, -0.05) is 0 Å². The van der Waals surface area contributed by atoms with Crippen LogP contribution in [-0.4, -0.2) is 31.3 Å². The predicted octanol–water partition coefficient (Wildman–Crippen LogP) is 1.85. The van der Waals surface area contributed by atoms with E-state index in [1.54, 1.807) is 19.1 Å². The number of methoxy groups -OCH3 is 1. The fraction of sp³-hybridized carbons (Fsp3) is 0.308. The van der Waals surface area contributed by atoms with Crippen LogP contribution in [0.25, 0.3) is 0 Å². The SMILES string of the molecule is COC(=O)c1ccc(N2CC(=O)CC2=O)c(Br)c1C. The highest BCUT2D eigenvalue weighted by Crippen LogP contribution is 2.33. The molecule has 0 aromatic heterocycles. The van der Waals surface area contributed by atoms with Gasteiger partial charge in [-0.3, -0.25) is 9.59 Å². The minimum Gasteiger partial charge on any atom is -0.465 e. The van der Waals surface area contributed by atoms with Crippen molar-refractivity contribution < 1.29 is 19.1 Å². The third kappa shape index (κ3) is 2.40. The standard InChI is InChI=1S/C13H12BrNO4/c1-7-9(13(18)19-2)3-4-10(12(7)14)15-6-8(16)5-11(15)17/h3-4H,5-6H2,1-2H3. The number of amides is 1. The zero-order valence-electron chi connectivity index (χ0n) is 10.5. The number of Topliss-reactive ketones (excluding diaryl/α,β-unsaturated/α-hetero) is 1. The molecule has 6 heteroatoms. The summed E-state index contributed by atoms with van der Waals surface area (Å²) < 4.78 is 5.30. The molecule has 19 heavy (non-hydrogen) atoms. The van der Waals surface area contributed by atoms with Gasteiger partial charge in [0.1, 0.15) is 0 Å². The number of nitrogens with zero attached hydrogens (tertiary/aromatic N) is 1. The van der Waals surface area contributed by atoms with E-state index in [0.29, 0.717) is 21.3 Å². The van der Waals surface area contributed by atoms with Crippen molar-refractivity contribution in [1.82, 2.24) is 0 Å². The molecule has 0 atom stereocenters. The largest absolute Gasteiger partial charge is 0.465 e. The third-order valence-corrected chi connectivity index (χ3v) is 4.05. The Balaban J connectivity index is 2.44. The highest BCUT2D eigenvalue weighted by Gasteiger charge is 2.30. The summed E-state index contributed by atoms with van der Waals surface area (Å²) in [5, 5.41) is 0. The molecule has 0 bridgehead atoms. The number of hydrogen-bond acceptors (Lipinski definition) is 4. The third-order valence-electron chi connectivity index (χ3n) is 3.05. The average molecular weight is 326 g/mol. The van der Waals surface area contributed by atoms with Crippen molar-refractivity contribution in [1.29, 1.82) is 0 Å². The van der Waals surface area contributed by atoms with E-state index >= 15 is 0 Å². The summed E-state index contributed by atoms with van der Waals surface area (Å²) in [6.07, 6.45) is -0.0652. The topological polar surface area (TPSA) is 63.7 Å². The van der Waals surface area contributed by atoms with Gasteiger partial charge in [-0.25, -0.2) is 4.79 Å². The van der Waals surface area contributed by atoms with Crippen LogP contribution in [0.4, 0.5) is 5.69 Å². The zero-order valence-corrected chi connectivity index (χ0v) is 12.1. The van der Waals surface area contributed by atoms with Gasteiger partial charge in [-0.15, -0.1) is 0 Å². The van der Waals surface area contributed by atoms with Crippen molar-refractivity contribution in [2.75, 3.05) is 18.6 Å². The van der Waals surface area contributed by atoms with Crippen molar-refractivity contribution in [2.45, 2.75) is 13.3 Å². The van der Waals surface area contributed by atoms with E-state index in [-0.39, 0.29) is 24.7 Å². The quantitative estimate of drug-likeness (QED) is 0.615. The van der Waals surface area contributed by atoms with Gasteiger partial charge in [0.25, 0.3) is 0 Å². The lowest BCUT2D eigenvalue weighted by Crippen LogP contribution is -2.25. The van der Waals surface area contributed by atoms with E-state index in [4.69, 9.17) is 0 Å². The average Bonchev–Trinajstić information content (AvgIpc) is 2.71. The number of carbonyl (C=O) groups is 3. The number of halogens is 1. The molecular formula is C13H12BrNO4. The van der Waals surface area contributed by atoms with Gasteiger partial charge in [0.15, 0.2) is 5.78 Å². The molecule has 0 N–H and O–H groups in total. The fourth-order valence-corrected chi connectivity index (χ4v) is 2.57.